The predicted molar refractivity (Wildman–Crippen MR) is 130 cm³/mol. The zero-order valence-electron chi connectivity index (χ0n) is 19.2. The number of anilines is 2. The monoisotopic (exact) mass is 465 g/mol. The number of rotatable bonds is 11. The normalized spacial score (nSPS) is 10.6. The van der Waals surface area contributed by atoms with E-state index in [2.05, 4.69) is 10.6 Å². The Morgan fingerprint density at radius 3 is 2.09 bits per heavy atom. The fraction of sp³-hybridized carbons (Fsp3) is 0.231. The number of nitrogens with one attached hydrogen (secondary N) is 2. The molecule has 8 heteroatoms. The molecule has 2 N–H and O–H groups in total. The Balaban J connectivity index is 1.38. The topological polar surface area (TPSA) is 79.9 Å². The molecule has 3 aromatic carbocycles. The van der Waals surface area contributed by atoms with Gasteiger partial charge in [0.15, 0.2) is 0 Å². The smallest absolute Gasteiger partial charge is 0.255 e. The first-order chi connectivity index (χ1) is 16.4. The quantitative estimate of drug-likeness (QED) is 0.410. The average molecular weight is 466 g/mol. The van der Waals surface area contributed by atoms with Crippen LogP contribution in [0.25, 0.3) is 0 Å². The fourth-order valence-corrected chi connectivity index (χ4v) is 3.16. The third kappa shape index (κ3) is 7.90. The SMILES string of the molecule is COc1ccc(NC(=O)c2ccc(NC(=O)CN(C)CCCOc3ccc(F)cc3)cc2)cc1. The highest BCUT2D eigenvalue weighted by Crippen LogP contribution is 2.17. The van der Waals surface area contributed by atoms with Crippen molar-refractivity contribution in [2.45, 2.75) is 6.42 Å². The minimum Gasteiger partial charge on any atom is -0.497 e. The first-order valence-corrected chi connectivity index (χ1v) is 10.8. The minimum absolute atomic E-state index is 0.155. The van der Waals surface area contributed by atoms with Gasteiger partial charge in [0.05, 0.1) is 20.3 Å². The van der Waals surface area contributed by atoms with Crippen molar-refractivity contribution < 1.29 is 23.5 Å². The summed E-state index contributed by atoms with van der Waals surface area (Å²) in [6.45, 7) is 1.35. The summed E-state index contributed by atoms with van der Waals surface area (Å²) in [7, 11) is 3.43. The van der Waals surface area contributed by atoms with E-state index < -0.39 is 0 Å². The number of benzene rings is 3. The van der Waals surface area contributed by atoms with Crippen LogP contribution in [0.3, 0.4) is 0 Å². The molecule has 0 spiro atoms. The van der Waals surface area contributed by atoms with Gasteiger partial charge < -0.3 is 20.1 Å². The molecule has 0 unspecified atom stereocenters. The van der Waals surface area contributed by atoms with Gasteiger partial charge in [-0.3, -0.25) is 14.5 Å². The predicted octanol–water partition coefficient (Wildman–Crippen LogP) is 4.43. The molecule has 0 saturated heterocycles. The number of ether oxygens (including phenoxy) is 2. The van der Waals surface area contributed by atoms with Crippen molar-refractivity contribution in [2.75, 3.05) is 44.5 Å². The van der Waals surface area contributed by atoms with Crippen LogP contribution in [0.2, 0.25) is 0 Å². The zero-order chi connectivity index (χ0) is 24.3. The van der Waals surface area contributed by atoms with E-state index in [9.17, 15) is 14.0 Å². The molecule has 7 nitrogen and oxygen atoms in total. The van der Waals surface area contributed by atoms with E-state index in [0.717, 1.165) is 6.42 Å². The zero-order valence-corrected chi connectivity index (χ0v) is 19.2. The second-order valence-corrected chi connectivity index (χ2v) is 7.70. The van der Waals surface area contributed by atoms with E-state index in [0.29, 0.717) is 41.6 Å². The van der Waals surface area contributed by atoms with Crippen LogP contribution < -0.4 is 20.1 Å². The highest BCUT2D eigenvalue weighted by Gasteiger charge is 2.09. The highest BCUT2D eigenvalue weighted by atomic mass is 19.1. The second-order valence-electron chi connectivity index (χ2n) is 7.70. The Morgan fingerprint density at radius 1 is 0.853 bits per heavy atom. The van der Waals surface area contributed by atoms with Gasteiger partial charge in [0, 0.05) is 23.5 Å². The van der Waals surface area contributed by atoms with Gasteiger partial charge in [0.1, 0.15) is 17.3 Å². The molecule has 0 atom stereocenters. The van der Waals surface area contributed by atoms with Crippen LogP contribution in [0.15, 0.2) is 72.8 Å². The summed E-state index contributed by atoms with van der Waals surface area (Å²) >= 11 is 0. The number of carbonyl (C=O) groups excluding carboxylic acids is 2. The third-order valence-electron chi connectivity index (χ3n) is 4.96. The van der Waals surface area contributed by atoms with Gasteiger partial charge >= 0.3 is 0 Å². The maximum atomic E-state index is 12.9. The van der Waals surface area contributed by atoms with Crippen molar-refractivity contribution in [2.24, 2.45) is 0 Å². The van der Waals surface area contributed by atoms with E-state index in [1.54, 1.807) is 67.8 Å². The van der Waals surface area contributed by atoms with Crippen LogP contribution in [-0.4, -0.2) is 50.6 Å². The molecule has 0 aliphatic carbocycles. The van der Waals surface area contributed by atoms with E-state index in [-0.39, 0.29) is 24.2 Å². The summed E-state index contributed by atoms with van der Waals surface area (Å²) < 4.78 is 23.6. The summed E-state index contributed by atoms with van der Waals surface area (Å²) in [4.78, 5) is 26.6. The van der Waals surface area contributed by atoms with Crippen LogP contribution >= 0.6 is 0 Å². The van der Waals surface area contributed by atoms with Gasteiger partial charge in [-0.05, 0) is 86.3 Å². The Kier molecular flexibility index (Phi) is 8.99. The molecular weight excluding hydrogens is 437 g/mol. The standard InChI is InChI=1S/C26H28FN3O4/c1-30(16-3-17-34-24-12-6-20(27)7-13-24)18-25(31)28-21-8-4-19(5-9-21)26(32)29-22-10-14-23(33-2)15-11-22/h4-15H,3,16-18H2,1-2H3,(H,28,31)(H,29,32). The number of methoxy groups -OCH3 is 1. The molecule has 0 aliphatic heterocycles. The van der Waals surface area contributed by atoms with Gasteiger partial charge in [-0.1, -0.05) is 0 Å². The summed E-state index contributed by atoms with van der Waals surface area (Å²) in [6.07, 6.45) is 0.721. The number of nitrogens with zero attached hydrogens (tertiary/aromatic N) is 1. The lowest BCUT2D eigenvalue weighted by molar-refractivity contribution is -0.117. The fourth-order valence-electron chi connectivity index (χ4n) is 3.16. The van der Waals surface area contributed by atoms with E-state index in [4.69, 9.17) is 9.47 Å². The number of hydrogen-bond acceptors (Lipinski definition) is 5. The number of likely N-dealkylation sites (N-methyl/N-ethyl adjacent to an activating group) is 1. The Hall–Kier alpha value is -3.91. The molecule has 0 bridgehead atoms. The van der Waals surface area contributed by atoms with Crippen molar-refractivity contribution >= 4 is 23.2 Å². The lowest BCUT2D eigenvalue weighted by Gasteiger charge is -2.16. The summed E-state index contributed by atoms with van der Waals surface area (Å²) in [5.74, 6) is 0.623. The molecule has 0 aromatic heterocycles. The minimum atomic E-state index is -0.301. The molecule has 0 heterocycles. The van der Waals surface area contributed by atoms with Crippen LogP contribution in [-0.2, 0) is 4.79 Å². The van der Waals surface area contributed by atoms with Crippen LogP contribution in [0, 0.1) is 5.82 Å². The molecule has 0 saturated carbocycles. The van der Waals surface area contributed by atoms with Crippen molar-refractivity contribution in [1.82, 2.24) is 4.90 Å². The first kappa shape index (κ1) is 24.7. The van der Waals surface area contributed by atoms with Crippen LogP contribution in [0.5, 0.6) is 11.5 Å². The molecule has 34 heavy (non-hydrogen) atoms. The van der Waals surface area contributed by atoms with Gasteiger partial charge in [0.25, 0.3) is 5.91 Å². The summed E-state index contributed by atoms with van der Waals surface area (Å²) in [6, 6.07) is 19.6. The van der Waals surface area contributed by atoms with Crippen molar-refractivity contribution in [3.63, 3.8) is 0 Å². The first-order valence-electron chi connectivity index (χ1n) is 10.8. The lowest BCUT2D eigenvalue weighted by atomic mass is 10.2. The summed E-state index contributed by atoms with van der Waals surface area (Å²) in [5.41, 5.74) is 1.75. The Bertz CT molecular complexity index is 1070. The lowest BCUT2D eigenvalue weighted by Crippen LogP contribution is -2.31. The number of amides is 2. The highest BCUT2D eigenvalue weighted by molar-refractivity contribution is 6.04. The second kappa shape index (κ2) is 12.4. The summed E-state index contributed by atoms with van der Waals surface area (Å²) in [5, 5.41) is 5.65. The molecule has 178 valence electrons. The Morgan fingerprint density at radius 2 is 1.44 bits per heavy atom. The number of halogens is 1. The van der Waals surface area contributed by atoms with Gasteiger partial charge in [-0.25, -0.2) is 4.39 Å². The van der Waals surface area contributed by atoms with Crippen LogP contribution in [0.1, 0.15) is 16.8 Å². The molecule has 3 aromatic rings. The maximum absolute atomic E-state index is 12.9. The number of carbonyl (C=O) groups is 2. The van der Waals surface area contributed by atoms with Crippen molar-refractivity contribution in [3.05, 3.63) is 84.2 Å². The Labute approximate surface area is 198 Å². The van der Waals surface area contributed by atoms with Crippen LogP contribution in [0.4, 0.5) is 15.8 Å². The van der Waals surface area contributed by atoms with Gasteiger partial charge in [0.2, 0.25) is 5.91 Å². The van der Waals surface area contributed by atoms with Gasteiger partial charge in [-0.2, -0.15) is 0 Å². The maximum Gasteiger partial charge on any atom is 0.255 e. The van der Waals surface area contributed by atoms with Gasteiger partial charge in [-0.15, -0.1) is 0 Å². The molecular formula is C26H28FN3O4. The van der Waals surface area contributed by atoms with E-state index >= 15 is 0 Å². The number of hydrogen-bond donors (Lipinski definition) is 2. The molecule has 0 fully saturated rings. The largest absolute Gasteiger partial charge is 0.497 e. The van der Waals surface area contributed by atoms with Crippen molar-refractivity contribution in [1.29, 1.82) is 0 Å². The average Bonchev–Trinajstić information content (AvgIpc) is 2.84. The third-order valence-corrected chi connectivity index (χ3v) is 4.96. The molecule has 2 amide bonds. The van der Waals surface area contributed by atoms with E-state index in [1.165, 1.54) is 12.1 Å². The molecule has 3 rings (SSSR count). The van der Waals surface area contributed by atoms with E-state index in [1.807, 2.05) is 11.9 Å². The molecule has 0 radical (unpaired) electrons. The van der Waals surface area contributed by atoms with Crippen molar-refractivity contribution in [3.8, 4) is 11.5 Å². The molecule has 0 aliphatic rings.